The largest absolute Gasteiger partial charge is 0.478 e. The molecule has 4 N–H and O–H groups in total. The lowest BCUT2D eigenvalue weighted by molar-refractivity contribution is -0.182. The van der Waals surface area contributed by atoms with Crippen molar-refractivity contribution in [2.45, 2.75) is 24.7 Å². The summed E-state index contributed by atoms with van der Waals surface area (Å²) in [6.45, 7) is 0.417. The summed E-state index contributed by atoms with van der Waals surface area (Å²) >= 11 is 0. The maximum absolute atomic E-state index is 10.4. The number of nitrogens with one attached hydrogen (secondary N) is 1. The molecule has 2 unspecified atom stereocenters. The molecule has 1 aliphatic rings. The van der Waals surface area contributed by atoms with E-state index in [2.05, 4.69) is 5.32 Å². The molecule has 1 aliphatic heterocycles. The minimum atomic E-state index is -2.14. The van der Waals surface area contributed by atoms with Crippen LogP contribution in [0.15, 0.2) is 0 Å². The van der Waals surface area contributed by atoms with Crippen molar-refractivity contribution >= 4 is 5.97 Å². The third kappa shape index (κ3) is 1.35. The highest BCUT2D eigenvalue weighted by Crippen LogP contribution is 2.16. The van der Waals surface area contributed by atoms with Crippen LogP contribution in [-0.2, 0) is 4.79 Å². The molecule has 0 spiro atoms. The highest BCUT2D eigenvalue weighted by Gasteiger charge is 2.44. The highest BCUT2D eigenvalue weighted by atomic mass is 16.4. The van der Waals surface area contributed by atoms with Crippen molar-refractivity contribution in [2.75, 3.05) is 6.54 Å². The number of rotatable bonds is 1. The van der Waals surface area contributed by atoms with E-state index in [0.717, 1.165) is 0 Å². The van der Waals surface area contributed by atoms with Crippen LogP contribution in [0.1, 0.15) is 12.8 Å². The van der Waals surface area contributed by atoms with Gasteiger partial charge in [0.05, 0.1) is 0 Å². The summed E-state index contributed by atoms with van der Waals surface area (Å²) in [5.74, 6) is -1.43. The van der Waals surface area contributed by atoms with Crippen molar-refractivity contribution in [2.24, 2.45) is 0 Å². The van der Waals surface area contributed by atoms with Crippen LogP contribution in [0, 0.1) is 0 Å². The van der Waals surface area contributed by atoms with Crippen LogP contribution in [0.4, 0.5) is 0 Å². The summed E-state index contributed by atoms with van der Waals surface area (Å²) in [7, 11) is 0. The van der Waals surface area contributed by atoms with Crippen molar-refractivity contribution in [1.29, 1.82) is 0 Å². The number of carboxylic acids is 1. The van der Waals surface area contributed by atoms with Gasteiger partial charge in [-0.15, -0.1) is 0 Å². The summed E-state index contributed by atoms with van der Waals surface area (Å²) in [6, 6.07) is 0. The number of aliphatic hydroxyl groups excluding tert-OH is 1. The van der Waals surface area contributed by atoms with Gasteiger partial charge < -0.3 is 15.3 Å². The Morgan fingerprint density at radius 2 is 2.27 bits per heavy atom. The van der Waals surface area contributed by atoms with Crippen LogP contribution in [0.2, 0.25) is 0 Å². The van der Waals surface area contributed by atoms with Crippen molar-refractivity contribution in [3.63, 3.8) is 0 Å². The van der Waals surface area contributed by atoms with Gasteiger partial charge in [0.25, 0.3) is 0 Å². The molecule has 1 saturated heterocycles. The molecule has 0 amide bonds. The fraction of sp³-hybridized carbons (Fsp3) is 0.833. The predicted molar refractivity (Wildman–Crippen MR) is 35.8 cm³/mol. The third-order valence-corrected chi connectivity index (χ3v) is 1.86. The number of hydrogen-bond acceptors (Lipinski definition) is 4. The molecule has 0 aromatic rings. The van der Waals surface area contributed by atoms with Crippen LogP contribution in [0.5, 0.6) is 0 Å². The zero-order valence-electron chi connectivity index (χ0n) is 5.95. The molecule has 0 aliphatic carbocycles. The number of aliphatic carboxylic acids is 1. The Bertz CT molecular complexity index is 172. The van der Waals surface area contributed by atoms with E-state index in [1.54, 1.807) is 0 Å². The Morgan fingerprint density at radius 1 is 1.64 bits per heavy atom. The van der Waals surface area contributed by atoms with Gasteiger partial charge in [0.15, 0.2) is 0 Å². The molecule has 0 aromatic heterocycles. The lowest BCUT2D eigenvalue weighted by atomic mass is 9.98. The minimum absolute atomic E-state index is 0.315. The van der Waals surface area contributed by atoms with Crippen LogP contribution >= 0.6 is 0 Å². The standard InChI is InChI=1S/C6H11NO4/c8-4-2-1-3-7-6(4,11)5(9)10/h4,7-8,11H,1-3H2,(H,9,10). The second-order valence-corrected chi connectivity index (χ2v) is 2.66. The molecule has 0 bridgehead atoms. The average molecular weight is 161 g/mol. The predicted octanol–water partition coefficient (Wildman–Crippen LogP) is -1.50. The molecular formula is C6H11NO4. The molecule has 2 atom stereocenters. The van der Waals surface area contributed by atoms with E-state index in [-0.39, 0.29) is 0 Å². The zero-order valence-corrected chi connectivity index (χ0v) is 5.95. The number of piperidine rings is 1. The summed E-state index contributed by atoms with van der Waals surface area (Å²) in [6.07, 6.45) is -0.222. The van der Waals surface area contributed by atoms with E-state index in [1.807, 2.05) is 0 Å². The molecule has 5 nitrogen and oxygen atoms in total. The molecule has 0 radical (unpaired) electrons. The lowest BCUT2D eigenvalue weighted by Crippen LogP contribution is -2.63. The van der Waals surface area contributed by atoms with Crippen LogP contribution in [-0.4, -0.2) is 39.7 Å². The molecule has 0 saturated carbocycles. The minimum Gasteiger partial charge on any atom is -0.478 e. The average Bonchev–Trinajstić information content (AvgIpc) is 1.95. The van der Waals surface area contributed by atoms with Crippen molar-refractivity contribution < 1.29 is 20.1 Å². The first-order chi connectivity index (χ1) is 5.07. The number of hydrogen-bond donors (Lipinski definition) is 4. The maximum Gasteiger partial charge on any atom is 0.354 e. The van der Waals surface area contributed by atoms with Gasteiger partial charge in [-0.05, 0) is 19.4 Å². The van der Waals surface area contributed by atoms with Gasteiger partial charge in [-0.3, -0.25) is 5.32 Å². The van der Waals surface area contributed by atoms with Gasteiger partial charge in [-0.1, -0.05) is 0 Å². The molecule has 64 valence electrons. The van der Waals surface area contributed by atoms with Gasteiger partial charge in [0, 0.05) is 0 Å². The summed E-state index contributed by atoms with van der Waals surface area (Å²) in [4.78, 5) is 10.4. The summed E-state index contributed by atoms with van der Waals surface area (Å²) in [5, 5.41) is 29.2. The summed E-state index contributed by atoms with van der Waals surface area (Å²) in [5.41, 5.74) is -2.14. The van der Waals surface area contributed by atoms with Gasteiger partial charge in [0.2, 0.25) is 5.72 Å². The first-order valence-corrected chi connectivity index (χ1v) is 3.46. The van der Waals surface area contributed by atoms with Gasteiger partial charge in [-0.25, -0.2) is 4.79 Å². The van der Waals surface area contributed by atoms with E-state index >= 15 is 0 Å². The third-order valence-electron chi connectivity index (χ3n) is 1.86. The van der Waals surface area contributed by atoms with Gasteiger partial charge >= 0.3 is 5.97 Å². The number of carbonyl (C=O) groups is 1. The Morgan fingerprint density at radius 3 is 2.64 bits per heavy atom. The van der Waals surface area contributed by atoms with Gasteiger partial charge in [0.1, 0.15) is 6.10 Å². The quantitative estimate of drug-likeness (QED) is 0.376. The maximum atomic E-state index is 10.4. The molecule has 0 aromatic carbocycles. The molecule has 1 heterocycles. The lowest BCUT2D eigenvalue weighted by Gasteiger charge is -2.33. The van der Waals surface area contributed by atoms with E-state index in [9.17, 15) is 9.90 Å². The topological polar surface area (TPSA) is 89.8 Å². The normalized spacial score (nSPS) is 38.5. The van der Waals surface area contributed by atoms with Gasteiger partial charge in [-0.2, -0.15) is 0 Å². The van der Waals surface area contributed by atoms with Crippen molar-refractivity contribution in [1.82, 2.24) is 5.32 Å². The zero-order chi connectivity index (χ0) is 8.48. The molecule has 11 heavy (non-hydrogen) atoms. The second kappa shape index (κ2) is 2.77. The second-order valence-electron chi connectivity index (χ2n) is 2.66. The fourth-order valence-corrected chi connectivity index (χ4v) is 1.12. The highest BCUT2D eigenvalue weighted by molar-refractivity contribution is 5.77. The van der Waals surface area contributed by atoms with E-state index in [4.69, 9.17) is 10.2 Å². The Balaban J connectivity index is 2.72. The summed E-state index contributed by atoms with van der Waals surface area (Å²) < 4.78 is 0. The van der Waals surface area contributed by atoms with Crippen molar-refractivity contribution in [3.05, 3.63) is 0 Å². The SMILES string of the molecule is O=C(O)C1(O)NCCCC1O. The molecule has 1 fully saturated rings. The monoisotopic (exact) mass is 161 g/mol. The first-order valence-electron chi connectivity index (χ1n) is 3.46. The van der Waals surface area contributed by atoms with Crippen LogP contribution in [0.25, 0.3) is 0 Å². The van der Waals surface area contributed by atoms with E-state index < -0.39 is 17.8 Å². The fourth-order valence-electron chi connectivity index (χ4n) is 1.12. The number of aliphatic hydroxyl groups is 2. The first kappa shape index (κ1) is 8.45. The molecule has 1 rings (SSSR count). The Kier molecular flexibility index (Phi) is 2.12. The van der Waals surface area contributed by atoms with E-state index in [0.29, 0.717) is 19.4 Å². The van der Waals surface area contributed by atoms with Crippen LogP contribution < -0.4 is 5.32 Å². The Labute approximate surface area is 63.7 Å². The number of carboxylic acid groups (broad SMARTS) is 1. The Hall–Kier alpha value is -0.650. The molecular weight excluding hydrogens is 150 g/mol. The smallest absolute Gasteiger partial charge is 0.354 e. The van der Waals surface area contributed by atoms with Crippen LogP contribution in [0.3, 0.4) is 0 Å². The van der Waals surface area contributed by atoms with Crippen molar-refractivity contribution in [3.8, 4) is 0 Å². The van der Waals surface area contributed by atoms with E-state index in [1.165, 1.54) is 0 Å². The molecule has 5 heteroatoms.